The molecule has 3 nitrogen and oxygen atoms in total. The average Bonchev–Trinajstić information content (AvgIpc) is 2.59. The van der Waals surface area contributed by atoms with E-state index in [9.17, 15) is 9.90 Å². The van der Waals surface area contributed by atoms with Gasteiger partial charge >= 0.3 is 0 Å². The lowest BCUT2D eigenvalue weighted by Gasteiger charge is -2.54. The fourth-order valence-corrected chi connectivity index (χ4v) is 4.03. The molecule has 0 amide bonds. The predicted molar refractivity (Wildman–Crippen MR) is 99.2 cm³/mol. The van der Waals surface area contributed by atoms with Crippen LogP contribution in [0.3, 0.4) is 0 Å². The minimum absolute atomic E-state index is 0.0201. The molecule has 0 unspecified atom stereocenters. The van der Waals surface area contributed by atoms with Crippen molar-refractivity contribution in [3.63, 3.8) is 0 Å². The highest BCUT2D eigenvalue weighted by atomic mass is 16.5. The normalized spacial score (nSPS) is 25.1. The van der Waals surface area contributed by atoms with Gasteiger partial charge in [-0.25, -0.2) is 0 Å². The first kappa shape index (κ1) is 17.3. The number of methoxy groups -OCH3 is 1. The standard InChI is InChI=1S/C22H24O3/c1-14(2)22(3)13-17(21(24)15-9-5-7-11-18(15)23)20(22)16-10-6-8-12-19(16)25-4/h5-12,17,20,23H,1,13H2,2-4H3/t17-,20+,22-/m1/s1. The van der Waals surface area contributed by atoms with Gasteiger partial charge in [0.25, 0.3) is 0 Å². The van der Waals surface area contributed by atoms with Crippen LogP contribution in [0.4, 0.5) is 0 Å². The van der Waals surface area contributed by atoms with E-state index in [1.54, 1.807) is 31.4 Å². The van der Waals surface area contributed by atoms with Crippen LogP contribution in [0.15, 0.2) is 60.7 Å². The van der Waals surface area contributed by atoms with Crippen LogP contribution >= 0.6 is 0 Å². The largest absolute Gasteiger partial charge is 0.507 e. The average molecular weight is 336 g/mol. The molecule has 1 aliphatic carbocycles. The van der Waals surface area contributed by atoms with Gasteiger partial charge in [0.15, 0.2) is 5.78 Å². The van der Waals surface area contributed by atoms with Crippen molar-refractivity contribution in [1.82, 2.24) is 0 Å². The summed E-state index contributed by atoms with van der Waals surface area (Å²) in [6.07, 6.45) is 0.720. The van der Waals surface area contributed by atoms with Gasteiger partial charge in [-0.15, -0.1) is 0 Å². The third kappa shape index (κ3) is 2.74. The minimum Gasteiger partial charge on any atom is -0.507 e. The summed E-state index contributed by atoms with van der Waals surface area (Å²) in [7, 11) is 1.65. The maximum atomic E-state index is 13.1. The Bertz CT molecular complexity index is 824. The van der Waals surface area contributed by atoms with E-state index in [0.29, 0.717) is 5.56 Å². The number of para-hydroxylation sites is 2. The number of hydrogen-bond acceptors (Lipinski definition) is 3. The van der Waals surface area contributed by atoms with Crippen LogP contribution in [-0.4, -0.2) is 18.0 Å². The molecule has 0 aromatic heterocycles. The molecule has 25 heavy (non-hydrogen) atoms. The van der Waals surface area contributed by atoms with Crippen LogP contribution in [0.1, 0.15) is 42.1 Å². The lowest BCUT2D eigenvalue weighted by Crippen LogP contribution is -2.48. The van der Waals surface area contributed by atoms with E-state index in [1.165, 1.54) is 0 Å². The fraction of sp³-hybridized carbons (Fsp3) is 0.318. The maximum absolute atomic E-state index is 13.1. The highest BCUT2D eigenvalue weighted by molar-refractivity contribution is 6.01. The summed E-state index contributed by atoms with van der Waals surface area (Å²) in [4.78, 5) is 13.1. The molecule has 3 atom stereocenters. The van der Waals surface area contributed by atoms with Crippen LogP contribution in [0, 0.1) is 11.3 Å². The highest BCUT2D eigenvalue weighted by Gasteiger charge is 2.55. The number of Topliss-reactive ketones (excluding diaryl/α,β-unsaturated/α-hetero) is 1. The number of carbonyl (C=O) groups excluding carboxylic acids is 1. The molecule has 0 saturated heterocycles. The summed E-state index contributed by atoms with van der Waals surface area (Å²) in [5, 5.41) is 10.1. The van der Waals surface area contributed by atoms with Crippen molar-refractivity contribution >= 4 is 5.78 Å². The van der Waals surface area contributed by atoms with Crippen LogP contribution < -0.4 is 4.74 Å². The first-order chi connectivity index (χ1) is 11.9. The van der Waals surface area contributed by atoms with Gasteiger partial charge in [-0.2, -0.15) is 0 Å². The second-order valence-corrected chi connectivity index (χ2v) is 7.11. The Hall–Kier alpha value is -2.55. The van der Waals surface area contributed by atoms with Crippen molar-refractivity contribution in [2.45, 2.75) is 26.2 Å². The number of carbonyl (C=O) groups is 1. The zero-order valence-corrected chi connectivity index (χ0v) is 15.0. The third-order valence-corrected chi connectivity index (χ3v) is 5.69. The molecule has 130 valence electrons. The highest BCUT2D eigenvalue weighted by Crippen LogP contribution is 2.62. The second kappa shape index (κ2) is 6.40. The number of rotatable bonds is 5. The fourth-order valence-electron chi connectivity index (χ4n) is 4.03. The molecular formula is C22H24O3. The topological polar surface area (TPSA) is 46.5 Å². The van der Waals surface area contributed by atoms with Gasteiger partial charge in [-0.1, -0.05) is 49.4 Å². The first-order valence-electron chi connectivity index (χ1n) is 8.51. The van der Waals surface area contributed by atoms with Gasteiger partial charge in [0, 0.05) is 11.8 Å². The van der Waals surface area contributed by atoms with Crippen molar-refractivity contribution in [1.29, 1.82) is 0 Å². The molecule has 1 N–H and O–H groups in total. The number of phenolic OH excluding ortho intramolecular Hbond substituents is 1. The molecule has 3 rings (SSSR count). The number of aromatic hydroxyl groups is 1. The Kier molecular flexibility index (Phi) is 4.42. The molecule has 1 saturated carbocycles. The zero-order valence-electron chi connectivity index (χ0n) is 15.0. The quantitative estimate of drug-likeness (QED) is 0.619. The van der Waals surface area contributed by atoms with Crippen molar-refractivity contribution in [2.75, 3.05) is 7.11 Å². The van der Waals surface area contributed by atoms with E-state index in [-0.39, 0.29) is 28.8 Å². The molecule has 2 aromatic rings. The number of ketones is 1. The summed E-state index contributed by atoms with van der Waals surface area (Å²) in [5.74, 6) is 0.581. The van der Waals surface area contributed by atoms with E-state index < -0.39 is 0 Å². The van der Waals surface area contributed by atoms with Gasteiger partial charge < -0.3 is 9.84 Å². The first-order valence-corrected chi connectivity index (χ1v) is 8.51. The van der Waals surface area contributed by atoms with Gasteiger partial charge in [-0.3, -0.25) is 4.79 Å². The molecule has 0 bridgehead atoms. The van der Waals surface area contributed by atoms with Crippen LogP contribution in [0.25, 0.3) is 0 Å². The van der Waals surface area contributed by atoms with E-state index in [2.05, 4.69) is 13.5 Å². The van der Waals surface area contributed by atoms with E-state index in [0.717, 1.165) is 23.3 Å². The summed E-state index contributed by atoms with van der Waals surface area (Å²) in [5.41, 5.74) is 2.30. The van der Waals surface area contributed by atoms with Crippen LogP contribution in [0.5, 0.6) is 11.5 Å². The van der Waals surface area contributed by atoms with Crippen molar-refractivity contribution < 1.29 is 14.6 Å². The molecule has 0 heterocycles. The predicted octanol–water partition coefficient (Wildman–Crippen LogP) is 4.97. The molecule has 0 aliphatic heterocycles. The molecule has 0 spiro atoms. The lowest BCUT2D eigenvalue weighted by atomic mass is 9.48. The molecule has 3 heteroatoms. The van der Waals surface area contributed by atoms with Crippen molar-refractivity contribution in [3.05, 3.63) is 71.8 Å². The number of benzene rings is 2. The Morgan fingerprint density at radius 2 is 1.84 bits per heavy atom. The summed E-state index contributed by atoms with van der Waals surface area (Å²) in [6.45, 7) is 8.33. The molecule has 1 fully saturated rings. The summed E-state index contributed by atoms with van der Waals surface area (Å²) >= 11 is 0. The SMILES string of the molecule is C=C(C)[C@@]1(C)C[C@@H](C(=O)c2ccccc2O)[C@@H]1c1ccccc1OC. The second-order valence-electron chi connectivity index (χ2n) is 7.11. The maximum Gasteiger partial charge on any atom is 0.170 e. The molecule has 1 aliphatic rings. The van der Waals surface area contributed by atoms with Gasteiger partial charge in [0.1, 0.15) is 11.5 Å². The van der Waals surface area contributed by atoms with Crippen LogP contribution in [-0.2, 0) is 0 Å². The Labute approximate surface area is 149 Å². The summed E-state index contributed by atoms with van der Waals surface area (Å²) in [6, 6.07) is 14.6. The van der Waals surface area contributed by atoms with Crippen LogP contribution in [0.2, 0.25) is 0 Å². The Morgan fingerprint density at radius 3 is 2.48 bits per heavy atom. The van der Waals surface area contributed by atoms with E-state index >= 15 is 0 Å². The monoisotopic (exact) mass is 336 g/mol. The van der Waals surface area contributed by atoms with Crippen molar-refractivity contribution in [3.8, 4) is 11.5 Å². The van der Waals surface area contributed by atoms with Gasteiger partial charge in [0.05, 0.1) is 12.7 Å². The van der Waals surface area contributed by atoms with Gasteiger partial charge in [-0.05, 0) is 42.5 Å². The minimum atomic E-state index is -0.203. The zero-order chi connectivity index (χ0) is 18.2. The number of ether oxygens (including phenoxy) is 1. The smallest absolute Gasteiger partial charge is 0.170 e. The third-order valence-electron chi connectivity index (χ3n) is 5.69. The molecule has 0 radical (unpaired) electrons. The number of phenols is 1. The summed E-state index contributed by atoms with van der Waals surface area (Å²) < 4.78 is 5.54. The molecule has 2 aromatic carbocycles. The Balaban J connectivity index is 2.05. The van der Waals surface area contributed by atoms with E-state index in [4.69, 9.17) is 4.74 Å². The number of hydrogen-bond donors (Lipinski definition) is 1. The Morgan fingerprint density at radius 1 is 1.20 bits per heavy atom. The van der Waals surface area contributed by atoms with E-state index in [1.807, 2.05) is 31.2 Å². The van der Waals surface area contributed by atoms with Crippen molar-refractivity contribution in [2.24, 2.45) is 11.3 Å². The number of allylic oxidation sites excluding steroid dienone is 1. The van der Waals surface area contributed by atoms with Gasteiger partial charge in [0.2, 0.25) is 0 Å². The molecular weight excluding hydrogens is 312 g/mol. The lowest BCUT2D eigenvalue weighted by molar-refractivity contribution is 0.0470.